The normalized spacial score (nSPS) is 27.0. The Morgan fingerprint density at radius 1 is 1.21 bits per heavy atom. The average molecular weight is 259 g/mol. The molecule has 0 amide bonds. The Morgan fingerprint density at radius 2 is 1.95 bits per heavy atom. The van der Waals surface area contributed by atoms with Gasteiger partial charge in [-0.1, -0.05) is 0 Å². The van der Waals surface area contributed by atoms with Gasteiger partial charge in [0.05, 0.1) is 5.92 Å². The van der Waals surface area contributed by atoms with Crippen LogP contribution >= 0.6 is 0 Å². The number of nitrogens with zero attached hydrogens (tertiary/aromatic N) is 1. The van der Waals surface area contributed by atoms with Gasteiger partial charge in [0.25, 0.3) is 0 Å². The zero-order valence-corrected chi connectivity index (χ0v) is 11.5. The molecule has 19 heavy (non-hydrogen) atoms. The first-order chi connectivity index (χ1) is 9.22. The molecule has 102 valence electrons. The number of aromatic nitrogens is 1. The molecular formula is C16H21NO2. The summed E-state index contributed by atoms with van der Waals surface area (Å²) in [6.45, 7) is 2.03. The van der Waals surface area contributed by atoms with Crippen molar-refractivity contribution < 1.29 is 9.53 Å². The molecule has 2 aliphatic carbocycles. The highest BCUT2D eigenvalue weighted by molar-refractivity contribution is 5.75. The maximum atomic E-state index is 11.6. The standard InChI is InChI=1S/C16H21NO2/c1-11-10-14(8-9-17-11)12-4-6-15(7-5-12)19-16(18)13-2-3-13/h8-10,12-13,15H,2-7H2,1H3. The summed E-state index contributed by atoms with van der Waals surface area (Å²) in [6.07, 6.45) is 8.36. The molecule has 2 aliphatic rings. The number of carbonyl (C=O) groups excluding carboxylic acids is 1. The average Bonchev–Trinajstić information content (AvgIpc) is 3.24. The zero-order chi connectivity index (χ0) is 13.2. The van der Waals surface area contributed by atoms with Crippen LogP contribution in [0.25, 0.3) is 0 Å². The molecule has 0 aromatic carbocycles. The van der Waals surface area contributed by atoms with Crippen molar-refractivity contribution in [2.24, 2.45) is 5.92 Å². The molecule has 0 saturated heterocycles. The lowest BCUT2D eigenvalue weighted by molar-refractivity contribution is -0.152. The summed E-state index contributed by atoms with van der Waals surface area (Å²) in [7, 11) is 0. The Bertz CT molecular complexity index is 460. The maximum absolute atomic E-state index is 11.6. The molecule has 0 N–H and O–H groups in total. The minimum absolute atomic E-state index is 0.0446. The number of rotatable bonds is 3. The summed E-state index contributed by atoms with van der Waals surface area (Å²) in [4.78, 5) is 15.9. The first-order valence-corrected chi connectivity index (χ1v) is 7.35. The fraction of sp³-hybridized carbons (Fsp3) is 0.625. The van der Waals surface area contributed by atoms with E-state index in [9.17, 15) is 4.79 Å². The van der Waals surface area contributed by atoms with E-state index in [2.05, 4.69) is 17.1 Å². The van der Waals surface area contributed by atoms with Gasteiger partial charge < -0.3 is 4.74 Å². The predicted molar refractivity (Wildman–Crippen MR) is 72.8 cm³/mol. The number of hydrogen-bond acceptors (Lipinski definition) is 3. The molecule has 1 heterocycles. The SMILES string of the molecule is Cc1cc(C2CCC(OC(=O)C3CC3)CC2)ccn1. The van der Waals surface area contributed by atoms with Crippen LogP contribution in [-0.4, -0.2) is 17.1 Å². The number of aryl methyl sites for hydroxylation is 1. The van der Waals surface area contributed by atoms with Crippen LogP contribution in [0.1, 0.15) is 55.7 Å². The molecule has 1 aromatic heterocycles. The number of esters is 1. The lowest BCUT2D eigenvalue weighted by Gasteiger charge is -2.28. The van der Waals surface area contributed by atoms with Gasteiger partial charge in [-0.2, -0.15) is 0 Å². The second-order valence-electron chi connectivity index (χ2n) is 5.92. The second kappa shape index (κ2) is 5.32. The minimum atomic E-state index is 0.0446. The molecular weight excluding hydrogens is 238 g/mol. The van der Waals surface area contributed by atoms with E-state index < -0.39 is 0 Å². The molecule has 3 nitrogen and oxygen atoms in total. The van der Waals surface area contributed by atoms with E-state index >= 15 is 0 Å². The van der Waals surface area contributed by atoms with Crippen molar-refractivity contribution >= 4 is 5.97 Å². The van der Waals surface area contributed by atoms with Gasteiger partial charge in [0.15, 0.2) is 0 Å². The maximum Gasteiger partial charge on any atom is 0.309 e. The largest absolute Gasteiger partial charge is 0.462 e. The highest BCUT2D eigenvalue weighted by Crippen LogP contribution is 2.36. The summed E-state index contributed by atoms with van der Waals surface area (Å²) in [5, 5.41) is 0. The van der Waals surface area contributed by atoms with E-state index in [4.69, 9.17) is 4.74 Å². The second-order valence-corrected chi connectivity index (χ2v) is 5.92. The molecule has 0 unspecified atom stereocenters. The molecule has 0 atom stereocenters. The van der Waals surface area contributed by atoms with Gasteiger partial charge >= 0.3 is 5.97 Å². The number of pyridine rings is 1. The molecule has 2 saturated carbocycles. The third kappa shape index (κ3) is 3.14. The first-order valence-electron chi connectivity index (χ1n) is 7.35. The van der Waals surface area contributed by atoms with E-state index in [-0.39, 0.29) is 18.0 Å². The predicted octanol–water partition coefficient (Wildman–Crippen LogP) is 3.37. The summed E-state index contributed by atoms with van der Waals surface area (Å²) >= 11 is 0. The Labute approximate surface area is 114 Å². The van der Waals surface area contributed by atoms with E-state index in [0.29, 0.717) is 5.92 Å². The van der Waals surface area contributed by atoms with Crippen LogP contribution in [0.5, 0.6) is 0 Å². The molecule has 2 fully saturated rings. The smallest absolute Gasteiger partial charge is 0.309 e. The molecule has 0 spiro atoms. The van der Waals surface area contributed by atoms with Crippen molar-refractivity contribution in [2.75, 3.05) is 0 Å². The summed E-state index contributed by atoms with van der Waals surface area (Å²) in [5.41, 5.74) is 2.47. The van der Waals surface area contributed by atoms with E-state index in [1.165, 1.54) is 5.56 Å². The number of hydrogen-bond donors (Lipinski definition) is 0. The van der Waals surface area contributed by atoms with Gasteiger partial charge in [-0.3, -0.25) is 9.78 Å². The van der Waals surface area contributed by atoms with Crippen molar-refractivity contribution in [3.05, 3.63) is 29.6 Å². The highest BCUT2D eigenvalue weighted by Gasteiger charge is 2.34. The Hall–Kier alpha value is -1.38. The minimum Gasteiger partial charge on any atom is -0.462 e. The monoisotopic (exact) mass is 259 g/mol. The quantitative estimate of drug-likeness (QED) is 0.781. The van der Waals surface area contributed by atoms with Gasteiger partial charge in [-0.25, -0.2) is 0 Å². The van der Waals surface area contributed by atoms with Crippen molar-refractivity contribution in [2.45, 2.75) is 57.5 Å². The number of ether oxygens (including phenoxy) is 1. The van der Waals surface area contributed by atoms with Crippen molar-refractivity contribution in [1.82, 2.24) is 4.98 Å². The van der Waals surface area contributed by atoms with Crippen LogP contribution in [0.2, 0.25) is 0 Å². The Balaban J connectivity index is 1.52. The van der Waals surface area contributed by atoms with E-state index in [1.807, 2.05) is 13.1 Å². The molecule has 0 radical (unpaired) electrons. The topological polar surface area (TPSA) is 39.2 Å². The summed E-state index contributed by atoms with van der Waals surface area (Å²) in [6, 6.07) is 4.30. The van der Waals surface area contributed by atoms with E-state index in [1.54, 1.807) is 0 Å². The van der Waals surface area contributed by atoms with Crippen molar-refractivity contribution in [1.29, 1.82) is 0 Å². The van der Waals surface area contributed by atoms with Gasteiger partial charge in [0.1, 0.15) is 6.10 Å². The number of carbonyl (C=O) groups is 1. The summed E-state index contributed by atoms with van der Waals surface area (Å²) in [5.74, 6) is 0.876. The fourth-order valence-corrected chi connectivity index (χ4v) is 2.91. The van der Waals surface area contributed by atoms with Gasteiger partial charge in [0.2, 0.25) is 0 Å². The lowest BCUT2D eigenvalue weighted by atomic mass is 9.83. The molecule has 0 aliphatic heterocycles. The van der Waals surface area contributed by atoms with Crippen LogP contribution in [-0.2, 0) is 9.53 Å². The zero-order valence-electron chi connectivity index (χ0n) is 11.5. The van der Waals surface area contributed by atoms with Crippen LogP contribution in [0, 0.1) is 12.8 Å². The van der Waals surface area contributed by atoms with E-state index in [0.717, 1.165) is 44.2 Å². The van der Waals surface area contributed by atoms with Crippen LogP contribution < -0.4 is 0 Å². The molecule has 1 aromatic rings. The third-order valence-electron chi connectivity index (χ3n) is 4.26. The Morgan fingerprint density at radius 3 is 2.58 bits per heavy atom. The van der Waals surface area contributed by atoms with Crippen molar-refractivity contribution in [3.8, 4) is 0 Å². The summed E-state index contributed by atoms with van der Waals surface area (Å²) < 4.78 is 5.57. The van der Waals surface area contributed by atoms with Gasteiger partial charge in [-0.15, -0.1) is 0 Å². The van der Waals surface area contributed by atoms with Gasteiger partial charge in [-0.05, 0) is 69.1 Å². The fourth-order valence-electron chi connectivity index (χ4n) is 2.91. The van der Waals surface area contributed by atoms with Crippen LogP contribution in [0.4, 0.5) is 0 Å². The lowest BCUT2D eigenvalue weighted by Crippen LogP contribution is -2.24. The Kier molecular flexibility index (Phi) is 3.54. The molecule has 3 rings (SSSR count). The molecule has 3 heteroatoms. The van der Waals surface area contributed by atoms with Crippen LogP contribution in [0.15, 0.2) is 18.3 Å². The molecule has 0 bridgehead atoms. The first kappa shape index (κ1) is 12.6. The van der Waals surface area contributed by atoms with Crippen molar-refractivity contribution in [3.63, 3.8) is 0 Å². The van der Waals surface area contributed by atoms with Crippen LogP contribution in [0.3, 0.4) is 0 Å². The van der Waals surface area contributed by atoms with Gasteiger partial charge in [0, 0.05) is 11.9 Å². The highest BCUT2D eigenvalue weighted by atomic mass is 16.5. The third-order valence-corrected chi connectivity index (χ3v) is 4.26.